The molecule has 6 nitrogen and oxygen atoms in total. The molecule has 0 unspecified atom stereocenters. The van der Waals surface area contributed by atoms with Crippen molar-refractivity contribution < 1.29 is 4.79 Å². The van der Waals surface area contributed by atoms with E-state index < -0.39 is 0 Å². The third-order valence-electron chi connectivity index (χ3n) is 5.38. The Morgan fingerprint density at radius 1 is 1.00 bits per heavy atom. The molecule has 2 aromatic heterocycles. The number of anilines is 1. The molecule has 1 aliphatic heterocycles. The van der Waals surface area contributed by atoms with E-state index in [1.807, 2.05) is 23.1 Å². The number of rotatable bonds is 6. The van der Waals surface area contributed by atoms with Crippen LogP contribution in [-0.4, -0.2) is 38.8 Å². The summed E-state index contributed by atoms with van der Waals surface area (Å²) in [7, 11) is 0. The second-order valence-corrected chi connectivity index (χ2v) is 7.42. The lowest BCUT2D eigenvalue weighted by molar-refractivity contribution is 0.0684. The van der Waals surface area contributed by atoms with Crippen molar-refractivity contribution in [3.05, 3.63) is 84.1 Å². The van der Waals surface area contributed by atoms with E-state index in [9.17, 15) is 4.79 Å². The number of likely N-dealkylation sites (tertiary alicyclic amines) is 1. The van der Waals surface area contributed by atoms with Gasteiger partial charge in [0, 0.05) is 38.1 Å². The minimum absolute atomic E-state index is 0.0162. The van der Waals surface area contributed by atoms with Crippen molar-refractivity contribution in [1.29, 1.82) is 0 Å². The summed E-state index contributed by atoms with van der Waals surface area (Å²) >= 11 is 0. The monoisotopic (exact) mass is 387 g/mol. The molecule has 4 rings (SSSR count). The van der Waals surface area contributed by atoms with Gasteiger partial charge in [0.1, 0.15) is 17.8 Å². The van der Waals surface area contributed by atoms with E-state index in [0.717, 1.165) is 37.9 Å². The molecule has 0 atom stereocenters. The van der Waals surface area contributed by atoms with Crippen molar-refractivity contribution >= 4 is 11.7 Å². The van der Waals surface area contributed by atoms with Crippen LogP contribution >= 0.6 is 0 Å². The average molecular weight is 387 g/mol. The van der Waals surface area contributed by atoms with Gasteiger partial charge < -0.3 is 10.2 Å². The molecule has 0 radical (unpaired) electrons. The second kappa shape index (κ2) is 9.28. The molecular weight excluding hydrogens is 362 g/mol. The number of nitrogens with one attached hydrogen (secondary N) is 1. The van der Waals surface area contributed by atoms with Crippen molar-refractivity contribution in [3.8, 4) is 0 Å². The third kappa shape index (κ3) is 5.16. The van der Waals surface area contributed by atoms with Crippen molar-refractivity contribution in [3.63, 3.8) is 0 Å². The van der Waals surface area contributed by atoms with Gasteiger partial charge in [0.25, 0.3) is 5.91 Å². The van der Waals surface area contributed by atoms with Gasteiger partial charge in [-0.25, -0.2) is 9.97 Å². The summed E-state index contributed by atoms with van der Waals surface area (Å²) in [5.41, 5.74) is 2.92. The van der Waals surface area contributed by atoms with Gasteiger partial charge in [0.2, 0.25) is 0 Å². The van der Waals surface area contributed by atoms with Crippen molar-refractivity contribution in [2.45, 2.75) is 25.8 Å². The van der Waals surface area contributed by atoms with Crippen molar-refractivity contribution in [1.82, 2.24) is 19.9 Å². The molecule has 148 valence electrons. The maximum Gasteiger partial charge on any atom is 0.272 e. The van der Waals surface area contributed by atoms with E-state index in [-0.39, 0.29) is 5.91 Å². The zero-order valence-corrected chi connectivity index (χ0v) is 16.4. The summed E-state index contributed by atoms with van der Waals surface area (Å²) in [6.45, 7) is 2.18. The summed E-state index contributed by atoms with van der Waals surface area (Å²) in [5, 5.41) is 3.24. The third-order valence-corrected chi connectivity index (χ3v) is 5.38. The number of carbonyl (C=O) groups excluding carboxylic acids is 1. The number of hydrogen-bond donors (Lipinski definition) is 1. The Morgan fingerprint density at radius 3 is 2.52 bits per heavy atom. The highest BCUT2D eigenvalue weighted by atomic mass is 16.2. The van der Waals surface area contributed by atoms with Gasteiger partial charge in [-0.15, -0.1) is 0 Å². The Bertz CT molecular complexity index is 924. The fourth-order valence-corrected chi connectivity index (χ4v) is 3.71. The SMILES string of the molecule is O=C(c1cc(NCc2ccncc2)ncn1)N1CCC(Cc2ccccc2)CC1. The molecule has 0 bridgehead atoms. The fourth-order valence-electron chi connectivity index (χ4n) is 3.71. The number of pyridine rings is 1. The van der Waals surface area contributed by atoms with E-state index >= 15 is 0 Å². The van der Waals surface area contributed by atoms with Crippen LogP contribution in [0.1, 0.15) is 34.5 Å². The second-order valence-electron chi connectivity index (χ2n) is 7.42. The van der Waals surface area contributed by atoms with E-state index in [4.69, 9.17) is 0 Å². The summed E-state index contributed by atoms with van der Waals surface area (Å²) in [4.78, 5) is 27.3. The lowest BCUT2D eigenvalue weighted by Crippen LogP contribution is -2.39. The number of aromatic nitrogens is 3. The van der Waals surface area contributed by atoms with Crippen LogP contribution in [0.25, 0.3) is 0 Å². The molecule has 3 aromatic rings. The van der Waals surface area contributed by atoms with Crippen LogP contribution in [0.4, 0.5) is 5.82 Å². The van der Waals surface area contributed by atoms with Gasteiger partial charge in [0.15, 0.2) is 0 Å². The Kier molecular flexibility index (Phi) is 6.10. The Labute approximate surface area is 171 Å². The smallest absolute Gasteiger partial charge is 0.272 e. The fraction of sp³-hybridized carbons (Fsp3) is 0.304. The largest absolute Gasteiger partial charge is 0.366 e. The molecule has 1 N–H and O–H groups in total. The summed E-state index contributed by atoms with van der Waals surface area (Å²) < 4.78 is 0. The normalized spacial score (nSPS) is 14.6. The van der Waals surface area contributed by atoms with Crippen LogP contribution < -0.4 is 5.32 Å². The van der Waals surface area contributed by atoms with E-state index in [1.54, 1.807) is 18.5 Å². The van der Waals surface area contributed by atoms with E-state index in [2.05, 4.69) is 44.5 Å². The highest BCUT2D eigenvalue weighted by Crippen LogP contribution is 2.23. The number of piperidine rings is 1. The van der Waals surface area contributed by atoms with Gasteiger partial charge >= 0.3 is 0 Å². The molecule has 3 heterocycles. The Morgan fingerprint density at radius 2 is 1.76 bits per heavy atom. The first-order valence-electron chi connectivity index (χ1n) is 10.1. The molecule has 1 aliphatic rings. The van der Waals surface area contributed by atoms with Gasteiger partial charge in [-0.2, -0.15) is 0 Å². The van der Waals surface area contributed by atoms with Gasteiger partial charge in [-0.3, -0.25) is 9.78 Å². The first kappa shape index (κ1) is 19.1. The van der Waals surface area contributed by atoms with Crippen LogP contribution in [0.3, 0.4) is 0 Å². The highest BCUT2D eigenvalue weighted by Gasteiger charge is 2.24. The Hall–Kier alpha value is -3.28. The van der Waals surface area contributed by atoms with Crippen LogP contribution in [0.2, 0.25) is 0 Å². The highest BCUT2D eigenvalue weighted by molar-refractivity contribution is 5.92. The number of amides is 1. The average Bonchev–Trinajstić information content (AvgIpc) is 2.79. The molecule has 29 heavy (non-hydrogen) atoms. The van der Waals surface area contributed by atoms with E-state index in [0.29, 0.717) is 24.0 Å². The lowest BCUT2D eigenvalue weighted by atomic mass is 9.90. The van der Waals surface area contributed by atoms with E-state index in [1.165, 1.54) is 11.9 Å². The van der Waals surface area contributed by atoms with Crippen LogP contribution in [0.5, 0.6) is 0 Å². The molecule has 6 heteroatoms. The molecule has 0 saturated carbocycles. The summed E-state index contributed by atoms with van der Waals surface area (Å²) in [6, 6.07) is 16.2. The molecule has 1 fully saturated rings. The predicted molar refractivity (Wildman–Crippen MR) is 112 cm³/mol. The number of hydrogen-bond acceptors (Lipinski definition) is 5. The quantitative estimate of drug-likeness (QED) is 0.700. The number of benzene rings is 1. The molecule has 0 spiro atoms. The predicted octanol–water partition coefficient (Wildman–Crippen LogP) is 3.58. The minimum atomic E-state index is -0.0162. The van der Waals surface area contributed by atoms with Crippen LogP contribution in [-0.2, 0) is 13.0 Å². The van der Waals surface area contributed by atoms with Crippen molar-refractivity contribution in [2.75, 3.05) is 18.4 Å². The standard InChI is InChI=1S/C23H25N5O/c29-23(28-12-8-19(9-13-28)14-18-4-2-1-3-5-18)21-15-22(27-17-26-21)25-16-20-6-10-24-11-7-20/h1-7,10-11,15,17,19H,8-9,12-14,16H2,(H,25,26,27). The number of nitrogens with zero attached hydrogens (tertiary/aromatic N) is 4. The Balaban J connectivity index is 1.31. The van der Waals surface area contributed by atoms with Gasteiger partial charge in [-0.1, -0.05) is 30.3 Å². The zero-order valence-electron chi connectivity index (χ0n) is 16.4. The minimum Gasteiger partial charge on any atom is -0.366 e. The molecule has 1 saturated heterocycles. The first-order valence-corrected chi connectivity index (χ1v) is 10.1. The molecule has 1 amide bonds. The molecule has 0 aliphatic carbocycles. The maximum absolute atomic E-state index is 12.9. The summed E-state index contributed by atoms with van der Waals surface area (Å²) in [5.74, 6) is 1.26. The first-order chi connectivity index (χ1) is 14.3. The molecular formula is C23H25N5O. The number of carbonyl (C=O) groups is 1. The summed E-state index contributed by atoms with van der Waals surface area (Å²) in [6.07, 6.45) is 8.10. The van der Waals surface area contributed by atoms with Gasteiger partial charge in [-0.05, 0) is 48.4 Å². The lowest BCUT2D eigenvalue weighted by Gasteiger charge is -2.32. The molecule has 1 aromatic carbocycles. The van der Waals surface area contributed by atoms with Crippen LogP contribution in [0.15, 0.2) is 67.3 Å². The topological polar surface area (TPSA) is 71.0 Å². The van der Waals surface area contributed by atoms with Crippen molar-refractivity contribution in [2.24, 2.45) is 5.92 Å². The van der Waals surface area contributed by atoms with Crippen LogP contribution in [0, 0.1) is 5.92 Å². The maximum atomic E-state index is 12.9. The van der Waals surface area contributed by atoms with Gasteiger partial charge in [0.05, 0.1) is 0 Å². The zero-order chi connectivity index (χ0) is 19.9.